The molecule has 0 unspecified atom stereocenters. The molecule has 0 spiro atoms. The molecular weight excluding hydrogens is 466 g/mol. The first-order valence-corrected chi connectivity index (χ1v) is 13.7. The monoisotopic (exact) mass is 489 g/mol. The van der Waals surface area contributed by atoms with Crippen molar-refractivity contribution in [2.75, 3.05) is 18.4 Å². The van der Waals surface area contributed by atoms with Crippen molar-refractivity contribution < 1.29 is 26.4 Å². The minimum Gasteiger partial charge on any atom is -0.322 e. The van der Waals surface area contributed by atoms with Crippen LogP contribution < -0.4 is 5.32 Å². The number of carbonyl (C=O) groups is 2. The van der Waals surface area contributed by atoms with Gasteiger partial charge >= 0.3 is 0 Å². The lowest BCUT2D eigenvalue weighted by Gasteiger charge is -2.25. The number of amides is 2. The molecule has 2 aromatic rings. The van der Waals surface area contributed by atoms with Crippen LogP contribution >= 0.6 is 0 Å². The van der Waals surface area contributed by atoms with Crippen LogP contribution in [-0.4, -0.2) is 56.4 Å². The molecule has 2 heterocycles. The average molecular weight is 490 g/mol. The van der Waals surface area contributed by atoms with E-state index in [-0.39, 0.29) is 27.0 Å². The van der Waals surface area contributed by atoms with Crippen LogP contribution in [0.2, 0.25) is 0 Å². The Balaban J connectivity index is 1.34. The van der Waals surface area contributed by atoms with E-state index in [1.165, 1.54) is 46.8 Å². The highest BCUT2D eigenvalue weighted by Gasteiger charge is 2.48. The second kappa shape index (κ2) is 7.93. The highest BCUT2D eigenvalue weighted by atomic mass is 32.2. The summed E-state index contributed by atoms with van der Waals surface area (Å²) in [6.45, 7) is 1.01. The predicted octanol–water partition coefficient (Wildman–Crippen LogP) is 2.42. The fourth-order valence-electron chi connectivity index (χ4n) is 4.23. The minimum absolute atomic E-state index is 0.0747. The predicted molar refractivity (Wildman–Crippen MR) is 120 cm³/mol. The molecule has 0 aromatic heterocycles. The zero-order valence-corrected chi connectivity index (χ0v) is 19.4. The van der Waals surface area contributed by atoms with Crippen molar-refractivity contribution in [2.45, 2.75) is 47.9 Å². The van der Waals surface area contributed by atoms with Gasteiger partial charge in [0.1, 0.15) is 4.90 Å². The number of piperidine rings is 1. The Bertz CT molecular complexity index is 1340. The van der Waals surface area contributed by atoms with E-state index in [4.69, 9.17) is 0 Å². The maximum Gasteiger partial charge on any atom is 0.269 e. The Morgan fingerprint density at radius 3 is 2.27 bits per heavy atom. The molecular formula is C22H23N3O6S2. The fraction of sp³-hybridized carbons (Fsp3) is 0.364. The summed E-state index contributed by atoms with van der Waals surface area (Å²) in [5.74, 6) is -1.11. The molecule has 1 N–H and O–H groups in total. The molecule has 1 saturated heterocycles. The van der Waals surface area contributed by atoms with E-state index in [0.29, 0.717) is 31.6 Å². The molecule has 9 nitrogen and oxygen atoms in total. The lowest BCUT2D eigenvalue weighted by atomic mass is 10.1. The van der Waals surface area contributed by atoms with Crippen molar-refractivity contribution in [1.29, 1.82) is 0 Å². The van der Waals surface area contributed by atoms with Gasteiger partial charge in [0.15, 0.2) is 0 Å². The average Bonchev–Trinajstić information content (AvgIpc) is 3.61. The van der Waals surface area contributed by atoms with E-state index in [2.05, 4.69) is 5.32 Å². The molecule has 11 heteroatoms. The summed E-state index contributed by atoms with van der Waals surface area (Å²) in [6.07, 6.45) is 4.00. The number of benzene rings is 2. The third kappa shape index (κ3) is 3.83. The van der Waals surface area contributed by atoms with Crippen molar-refractivity contribution in [3.05, 3.63) is 53.6 Å². The molecule has 33 heavy (non-hydrogen) atoms. The molecule has 3 aliphatic rings. The Labute approximate surface area is 192 Å². The van der Waals surface area contributed by atoms with Crippen molar-refractivity contribution in [3.63, 3.8) is 0 Å². The van der Waals surface area contributed by atoms with Crippen molar-refractivity contribution in [3.8, 4) is 0 Å². The minimum atomic E-state index is -3.96. The molecule has 174 valence electrons. The molecule has 2 amide bonds. The smallest absolute Gasteiger partial charge is 0.269 e. The summed E-state index contributed by atoms with van der Waals surface area (Å²) < 4.78 is 53.5. The molecule has 0 bridgehead atoms. The van der Waals surface area contributed by atoms with E-state index in [1.54, 1.807) is 0 Å². The molecule has 5 rings (SSSR count). The van der Waals surface area contributed by atoms with E-state index >= 15 is 0 Å². The van der Waals surface area contributed by atoms with Gasteiger partial charge in [-0.05, 0) is 68.1 Å². The molecule has 2 aromatic carbocycles. The Hall–Kier alpha value is -2.76. The number of nitrogens with zero attached hydrogens (tertiary/aromatic N) is 2. The van der Waals surface area contributed by atoms with E-state index in [1.807, 2.05) is 0 Å². The van der Waals surface area contributed by atoms with Gasteiger partial charge in [-0.2, -0.15) is 4.31 Å². The van der Waals surface area contributed by atoms with E-state index in [0.717, 1.165) is 23.6 Å². The number of fused-ring (bicyclic) bond motifs is 1. The van der Waals surface area contributed by atoms with Crippen LogP contribution in [0.3, 0.4) is 0 Å². The van der Waals surface area contributed by atoms with Gasteiger partial charge in [0, 0.05) is 30.4 Å². The first kappa shape index (κ1) is 22.1. The summed E-state index contributed by atoms with van der Waals surface area (Å²) in [4.78, 5) is 25.2. The number of rotatable bonds is 5. The van der Waals surface area contributed by atoms with Crippen molar-refractivity contribution >= 4 is 37.5 Å². The van der Waals surface area contributed by atoms with Crippen LogP contribution in [0.15, 0.2) is 52.3 Å². The highest BCUT2D eigenvalue weighted by Crippen LogP contribution is 2.39. The Kier molecular flexibility index (Phi) is 5.30. The number of carbonyl (C=O) groups excluding carboxylic acids is 2. The van der Waals surface area contributed by atoms with Gasteiger partial charge in [-0.15, -0.1) is 0 Å². The number of anilines is 1. The van der Waals surface area contributed by atoms with Gasteiger partial charge in [0.05, 0.1) is 10.5 Å². The largest absolute Gasteiger partial charge is 0.322 e. The van der Waals surface area contributed by atoms with Gasteiger partial charge in [0.25, 0.3) is 21.8 Å². The first-order chi connectivity index (χ1) is 15.7. The second-order valence-electron chi connectivity index (χ2n) is 8.49. The fourth-order valence-corrected chi connectivity index (χ4v) is 7.58. The second-order valence-corrected chi connectivity index (χ2v) is 12.2. The van der Waals surface area contributed by atoms with Crippen LogP contribution in [-0.2, 0) is 20.0 Å². The summed E-state index contributed by atoms with van der Waals surface area (Å²) in [6, 6.07) is 9.57. The van der Waals surface area contributed by atoms with Gasteiger partial charge in [-0.1, -0.05) is 6.42 Å². The maximum atomic E-state index is 12.8. The number of hydrogen-bond donors (Lipinski definition) is 1. The van der Waals surface area contributed by atoms with Crippen LogP contribution in [0.25, 0.3) is 0 Å². The highest BCUT2D eigenvalue weighted by molar-refractivity contribution is 7.90. The lowest BCUT2D eigenvalue weighted by Crippen LogP contribution is -2.35. The summed E-state index contributed by atoms with van der Waals surface area (Å²) in [7, 11) is -7.54. The van der Waals surface area contributed by atoms with Crippen LogP contribution in [0.5, 0.6) is 0 Å². The number of nitrogens with one attached hydrogen (secondary N) is 1. The van der Waals surface area contributed by atoms with Crippen molar-refractivity contribution in [2.24, 2.45) is 0 Å². The van der Waals surface area contributed by atoms with Gasteiger partial charge < -0.3 is 5.32 Å². The summed E-state index contributed by atoms with van der Waals surface area (Å²) >= 11 is 0. The molecule has 2 fully saturated rings. The van der Waals surface area contributed by atoms with Gasteiger partial charge in [-0.25, -0.2) is 21.1 Å². The zero-order valence-electron chi connectivity index (χ0n) is 17.7. The van der Waals surface area contributed by atoms with E-state index in [9.17, 15) is 26.4 Å². The van der Waals surface area contributed by atoms with Crippen LogP contribution in [0, 0.1) is 0 Å². The summed E-state index contributed by atoms with van der Waals surface area (Å²) in [5, 5.41) is 2.65. The maximum absolute atomic E-state index is 12.8. The molecule has 1 saturated carbocycles. The van der Waals surface area contributed by atoms with Gasteiger partial charge in [-0.3, -0.25) is 9.59 Å². The van der Waals surface area contributed by atoms with Crippen molar-refractivity contribution in [1.82, 2.24) is 8.61 Å². The number of sulfonamides is 2. The summed E-state index contributed by atoms with van der Waals surface area (Å²) in [5.41, 5.74) is 0.537. The first-order valence-electron chi connectivity index (χ1n) is 10.8. The van der Waals surface area contributed by atoms with Crippen LogP contribution in [0.4, 0.5) is 5.69 Å². The normalized spacial score (nSPS) is 20.5. The van der Waals surface area contributed by atoms with E-state index < -0.39 is 31.9 Å². The van der Waals surface area contributed by atoms with Crippen LogP contribution in [0.1, 0.15) is 52.8 Å². The third-order valence-electron chi connectivity index (χ3n) is 6.15. The lowest BCUT2D eigenvalue weighted by molar-refractivity contribution is 0.0864. The zero-order chi connectivity index (χ0) is 23.4. The Morgan fingerprint density at radius 2 is 1.64 bits per heavy atom. The SMILES string of the molecule is O=C(Nc1ccc(S(=O)(=O)N2CCCCC2)cc1)c1ccc2c(c1)S(=O)(=O)N(C1CC1)C2=O. The molecule has 1 aliphatic carbocycles. The quantitative estimate of drug-likeness (QED) is 0.689. The molecule has 0 radical (unpaired) electrons. The Morgan fingerprint density at radius 1 is 0.970 bits per heavy atom. The molecule has 2 aliphatic heterocycles. The van der Waals surface area contributed by atoms with Gasteiger partial charge in [0.2, 0.25) is 10.0 Å². The molecule has 0 atom stereocenters. The standard InChI is InChI=1S/C22H23N3O6S2/c26-21(15-4-11-19-20(14-15)33(30,31)25(22(19)27)17-7-8-17)23-16-5-9-18(10-6-16)32(28,29)24-12-2-1-3-13-24/h4-6,9-11,14,17H,1-3,7-8,12-13H2,(H,23,26). The third-order valence-corrected chi connectivity index (χ3v) is 9.94. The number of hydrogen-bond acceptors (Lipinski definition) is 6. The topological polar surface area (TPSA) is 121 Å².